The lowest BCUT2D eigenvalue weighted by atomic mass is 9.41. The molecule has 8 aromatic carbocycles. The number of rotatable bonds is 3. The second-order valence-electron chi connectivity index (χ2n) is 24.4. The van der Waals surface area contributed by atoms with E-state index >= 15 is 0 Å². The van der Waals surface area contributed by atoms with E-state index in [1.54, 1.807) is 0 Å². The van der Waals surface area contributed by atoms with Crippen LogP contribution in [0, 0.1) is 0 Å². The first kappa shape index (κ1) is 43.0. The van der Waals surface area contributed by atoms with Crippen molar-refractivity contribution in [3.05, 3.63) is 185 Å². The van der Waals surface area contributed by atoms with E-state index in [9.17, 15) is 0 Å². The molecule has 68 heavy (non-hydrogen) atoms. The summed E-state index contributed by atoms with van der Waals surface area (Å²) in [5.41, 5.74) is 25.2. The summed E-state index contributed by atoms with van der Waals surface area (Å²) < 4.78 is 0. The minimum Gasteiger partial charge on any atom is -0.376 e. The van der Waals surface area contributed by atoms with Gasteiger partial charge in [-0.3, -0.25) is 0 Å². The van der Waals surface area contributed by atoms with Gasteiger partial charge in [0.1, 0.15) is 0 Å². The van der Waals surface area contributed by atoms with Crippen LogP contribution in [0.2, 0.25) is 0 Å². The first-order chi connectivity index (χ1) is 32.3. The molecule has 0 amide bonds. The molecule has 0 atom stereocenters. The fourth-order valence-corrected chi connectivity index (χ4v) is 12.8. The normalized spacial score (nSPS) is 17.0. The van der Waals surface area contributed by atoms with Gasteiger partial charge in [0.2, 0.25) is 0 Å². The SMILES string of the molecule is CC(C)(C)c1ccc(N2B3c4c(ccc5c4-c4ccccc4C5(C)C)N(c4ccc(C(C)(C)C)cc4-c4ccccc4)c4c3c(cc3ccccc43)-c3cc4c(cc32)C(C)(C)CCC4(C)C)cc1. The third-order valence-corrected chi connectivity index (χ3v) is 16.8. The Morgan fingerprint density at radius 1 is 0.456 bits per heavy atom. The molecule has 0 N–H and O–H groups in total. The van der Waals surface area contributed by atoms with Crippen molar-refractivity contribution in [2.24, 2.45) is 0 Å². The predicted molar refractivity (Wildman–Crippen MR) is 293 cm³/mol. The Morgan fingerprint density at radius 3 is 1.78 bits per heavy atom. The summed E-state index contributed by atoms with van der Waals surface area (Å²) in [6.45, 7) is 28.6. The van der Waals surface area contributed by atoms with Crippen molar-refractivity contribution in [2.45, 2.75) is 123 Å². The van der Waals surface area contributed by atoms with E-state index in [0.29, 0.717) is 0 Å². The molecule has 0 unspecified atom stereocenters. The van der Waals surface area contributed by atoms with E-state index < -0.39 is 0 Å². The molecule has 2 nitrogen and oxygen atoms in total. The van der Waals surface area contributed by atoms with Crippen molar-refractivity contribution in [3.63, 3.8) is 0 Å². The zero-order valence-electron chi connectivity index (χ0n) is 42.3. The molecule has 0 saturated carbocycles. The molecule has 0 saturated heterocycles. The molecule has 3 heteroatoms. The highest BCUT2D eigenvalue weighted by atomic mass is 15.2. The van der Waals surface area contributed by atoms with Crippen LogP contribution in [0.4, 0.5) is 28.4 Å². The lowest BCUT2D eigenvalue weighted by Crippen LogP contribution is -2.62. The number of fused-ring (bicyclic) bond motifs is 11. The highest BCUT2D eigenvalue weighted by molar-refractivity contribution is 6.95. The minimum atomic E-state index is -0.178. The second kappa shape index (κ2) is 14.4. The molecule has 4 aliphatic rings. The molecule has 0 aromatic heterocycles. The number of anilines is 5. The van der Waals surface area contributed by atoms with Crippen molar-refractivity contribution in [1.29, 1.82) is 0 Å². The van der Waals surface area contributed by atoms with Crippen LogP contribution in [-0.4, -0.2) is 6.85 Å². The first-order valence-corrected chi connectivity index (χ1v) is 25.2. The van der Waals surface area contributed by atoms with Crippen molar-refractivity contribution < 1.29 is 0 Å². The van der Waals surface area contributed by atoms with Crippen LogP contribution in [-0.2, 0) is 27.1 Å². The summed E-state index contributed by atoms with van der Waals surface area (Å²) >= 11 is 0. The molecule has 0 fully saturated rings. The van der Waals surface area contributed by atoms with Gasteiger partial charge in [0.05, 0.1) is 11.4 Å². The van der Waals surface area contributed by atoms with Crippen LogP contribution in [0.3, 0.4) is 0 Å². The number of nitrogens with zero attached hydrogens (tertiary/aromatic N) is 2. The van der Waals surface area contributed by atoms with E-state index in [0.717, 1.165) is 12.8 Å². The van der Waals surface area contributed by atoms with Gasteiger partial charge in [-0.05, 0) is 155 Å². The van der Waals surface area contributed by atoms with Crippen molar-refractivity contribution in [3.8, 4) is 33.4 Å². The van der Waals surface area contributed by atoms with Crippen LogP contribution in [0.1, 0.15) is 129 Å². The molecule has 0 radical (unpaired) electrons. The summed E-state index contributed by atoms with van der Waals surface area (Å²) in [7, 11) is 0. The summed E-state index contributed by atoms with van der Waals surface area (Å²) in [6, 6.07) is 59.4. The predicted octanol–water partition coefficient (Wildman–Crippen LogP) is 16.5. The molecule has 2 aliphatic heterocycles. The van der Waals surface area contributed by atoms with E-state index in [1.165, 1.54) is 117 Å². The Balaban J connectivity index is 1.29. The largest absolute Gasteiger partial charge is 0.376 e. The highest BCUT2D eigenvalue weighted by Gasteiger charge is 2.51. The van der Waals surface area contributed by atoms with Gasteiger partial charge in [-0.15, -0.1) is 0 Å². The average Bonchev–Trinajstić information content (AvgIpc) is 3.55. The Kier molecular flexibility index (Phi) is 9.08. The molecule has 0 bridgehead atoms. The smallest absolute Gasteiger partial charge is 0.333 e. The van der Waals surface area contributed by atoms with E-state index in [1.807, 2.05) is 0 Å². The number of benzene rings is 8. The fourth-order valence-electron chi connectivity index (χ4n) is 12.8. The monoisotopic (exact) mass is 885 g/mol. The Bertz CT molecular complexity index is 3390. The van der Waals surface area contributed by atoms with Gasteiger partial charge in [-0.25, -0.2) is 0 Å². The Hall–Kier alpha value is -6.32. The van der Waals surface area contributed by atoms with E-state index in [2.05, 4.69) is 244 Å². The second-order valence-corrected chi connectivity index (χ2v) is 24.4. The molecular weight excluding hydrogens is 820 g/mol. The third-order valence-electron chi connectivity index (χ3n) is 16.8. The zero-order chi connectivity index (χ0) is 47.4. The number of hydrogen-bond acceptors (Lipinski definition) is 2. The quantitative estimate of drug-likeness (QED) is 0.163. The molecular formula is C65H65BN2. The number of hydrogen-bond donors (Lipinski definition) is 0. The Morgan fingerprint density at radius 2 is 1.07 bits per heavy atom. The van der Waals surface area contributed by atoms with Crippen molar-refractivity contribution in [2.75, 3.05) is 9.71 Å². The maximum atomic E-state index is 2.78. The van der Waals surface area contributed by atoms with Gasteiger partial charge < -0.3 is 9.71 Å². The van der Waals surface area contributed by atoms with Crippen LogP contribution in [0.5, 0.6) is 0 Å². The Labute approximate surface area is 406 Å². The van der Waals surface area contributed by atoms with Gasteiger partial charge in [0, 0.05) is 39.0 Å². The minimum absolute atomic E-state index is 0.0265. The summed E-state index contributed by atoms with van der Waals surface area (Å²) in [6.07, 6.45) is 2.33. The average molecular weight is 885 g/mol. The van der Waals surface area contributed by atoms with Crippen LogP contribution in [0.15, 0.2) is 152 Å². The highest BCUT2D eigenvalue weighted by Crippen LogP contribution is 2.57. The zero-order valence-corrected chi connectivity index (χ0v) is 42.3. The molecule has 8 aromatic rings. The lowest BCUT2D eigenvalue weighted by molar-refractivity contribution is 0.332. The van der Waals surface area contributed by atoms with Gasteiger partial charge in [-0.1, -0.05) is 186 Å². The molecule has 2 heterocycles. The fraction of sp³-hybridized carbons (Fsp3) is 0.292. The molecule has 338 valence electrons. The maximum absolute atomic E-state index is 2.78. The molecule has 12 rings (SSSR count). The van der Waals surface area contributed by atoms with Gasteiger partial charge in [-0.2, -0.15) is 0 Å². The summed E-state index contributed by atoms with van der Waals surface area (Å²) in [5, 5.41) is 2.54. The van der Waals surface area contributed by atoms with Gasteiger partial charge in [0.15, 0.2) is 0 Å². The summed E-state index contributed by atoms with van der Waals surface area (Å²) in [5.74, 6) is 0. The topological polar surface area (TPSA) is 6.48 Å². The first-order valence-electron chi connectivity index (χ1n) is 25.2. The van der Waals surface area contributed by atoms with Crippen molar-refractivity contribution in [1.82, 2.24) is 0 Å². The third kappa shape index (κ3) is 6.16. The van der Waals surface area contributed by atoms with Crippen molar-refractivity contribution >= 4 is 57.0 Å². The molecule has 0 spiro atoms. The lowest BCUT2D eigenvalue weighted by Gasteiger charge is -2.49. The van der Waals surface area contributed by atoms with Gasteiger partial charge >= 0.3 is 6.85 Å². The molecule has 2 aliphatic carbocycles. The van der Waals surface area contributed by atoms with Crippen LogP contribution >= 0.6 is 0 Å². The maximum Gasteiger partial charge on any atom is 0.333 e. The van der Waals surface area contributed by atoms with Crippen LogP contribution < -0.4 is 20.6 Å². The van der Waals surface area contributed by atoms with Crippen LogP contribution in [0.25, 0.3) is 44.2 Å². The standard InChI is InChI=1S/C65H65BN2/c1-61(2,3)42-26-29-44(30-27-42)68-56-39-53-52(63(7,8)34-35-64(53,9)10)38-48(56)49-36-41-22-16-17-23-45(41)60-58(49)66(68)59-55(33-31-51-57(59)46-24-18-19-25-50(46)65(51,11)12)67(60)54-32-28-43(62(4,5)6)37-47(54)40-20-14-13-15-21-40/h13-33,36-39H,34-35H2,1-12H3. The van der Waals surface area contributed by atoms with E-state index in [4.69, 9.17) is 0 Å². The van der Waals surface area contributed by atoms with E-state index in [-0.39, 0.29) is 33.9 Å². The summed E-state index contributed by atoms with van der Waals surface area (Å²) in [4.78, 5) is 5.48. The van der Waals surface area contributed by atoms with Gasteiger partial charge in [0.25, 0.3) is 0 Å².